The summed E-state index contributed by atoms with van der Waals surface area (Å²) in [7, 11) is 0. The van der Waals surface area contributed by atoms with Crippen LogP contribution < -0.4 is 19.6 Å². The molecular weight excluding hydrogens is 1110 g/mol. The molecule has 2 atom stereocenters. The number of allylic oxidation sites excluding steroid dienone is 7. The lowest BCUT2D eigenvalue weighted by Gasteiger charge is -2.48. The molecule has 0 aliphatic heterocycles. The number of hydrogen-bond acceptors (Lipinski definition) is 4. The Hall–Kier alpha value is -12.0. The van der Waals surface area contributed by atoms with E-state index in [0.717, 1.165) is 113 Å². The van der Waals surface area contributed by atoms with Gasteiger partial charge in [0.15, 0.2) is 0 Å². The molecule has 12 aromatic carbocycles. The van der Waals surface area contributed by atoms with Crippen molar-refractivity contribution in [3.05, 3.63) is 421 Å². The van der Waals surface area contributed by atoms with E-state index in [1.165, 1.54) is 22.3 Å². The van der Waals surface area contributed by atoms with E-state index in [1.54, 1.807) is 0 Å². The van der Waals surface area contributed by atoms with Crippen molar-refractivity contribution in [1.82, 2.24) is 0 Å². The van der Waals surface area contributed by atoms with Crippen molar-refractivity contribution in [3.8, 4) is 44.5 Å². The van der Waals surface area contributed by atoms with Crippen LogP contribution in [0.5, 0.6) is 0 Å². The molecule has 12 aromatic rings. The van der Waals surface area contributed by atoms with Crippen LogP contribution in [0.25, 0.3) is 44.5 Å². The first kappa shape index (κ1) is 55.3. The number of benzene rings is 12. The standard InChI is InChI=1S/C88H64N4/c1-9-33-63(34-10-1)71-49-25-29-53-79(71)89(67-41-17-5-18-42-67)83-61-84(90(68-43-19-6-20-44-68)80-54-30-26-50-72(80)64-35-11-2-12-36-64)76-59-60-78-86(92(70-47-23-8-24-48-70)82-56-32-28-52-74(82)66-39-15-4-16-40-66)62-85(77-58-57-75(83)87(76)88(77)78)91(69-45-21-7-22-46-69)81-55-31-27-51-73(81)65-37-13-3-14-38-65/h1-62,83,88H. The Kier molecular flexibility index (Phi) is 14.8. The minimum absolute atomic E-state index is 0.287. The minimum atomic E-state index is -0.345. The quantitative estimate of drug-likeness (QED) is 0.0956. The largest absolute Gasteiger partial charge is 0.330 e. The van der Waals surface area contributed by atoms with Crippen LogP contribution in [0.2, 0.25) is 0 Å². The predicted molar refractivity (Wildman–Crippen MR) is 385 cm³/mol. The average molecular weight is 1180 g/mol. The molecule has 0 bridgehead atoms. The molecule has 0 saturated heterocycles. The zero-order valence-electron chi connectivity index (χ0n) is 50.7. The third kappa shape index (κ3) is 10.1. The van der Waals surface area contributed by atoms with Crippen molar-refractivity contribution in [2.45, 2.75) is 6.04 Å². The molecule has 4 nitrogen and oxygen atoms in total. The van der Waals surface area contributed by atoms with Gasteiger partial charge in [-0.3, -0.25) is 0 Å². The van der Waals surface area contributed by atoms with Gasteiger partial charge in [-0.15, -0.1) is 0 Å². The van der Waals surface area contributed by atoms with Crippen LogP contribution >= 0.6 is 0 Å². The third-order valence-corrected chi connectivity index (χ3v) is 18.2. The normalized spacial score (nSPS) is 15.3. The van der Waals surface area contributed by atoms with Gasteiger partial charge in [-0.2, -0.15) is 0 Å². The molecule has 0 spiro atoms. The van der Waals surface area contributed by atoms with E-state index in [1.807, 2.05) is 0 Å². The third-order valence-electron chi connectivity index (χ3n) is 18.2. The summed E-state index contributed by atoms with van der Waals surface area (Å²) >= 11 is 0. The lowest BCUT2D eigenvalue weighted by molar-refractivity contribution is 0.748. The summed E-state index contributed by atoms with van der Waals surface area (Å²) in [5.74, 6) is -0.287. The smallest absolute Gasteiger partial charge is 0.0802 e. The molecule has 436 valence electrons. The van der Waals surface area contributed by atoms with E-state index < -0.39 is 0 Å². The molecule has 4 aliphatic carbocycles. The van der Waals surface area contributed by atoms with Gasteiger partial charge in [0, 0.05) is 62.2 Å². The molecule has 0 fully saturated rings. The maximum atomic E-state index is 2.60. The highest BCUT2D eigenvalue weighted by Crippen LogP contribution is 2.58. The van der Waals surface area contributed by atoms with Gasteiger partial charge in [0.25, 0.3) is 0 Å². The zero-order chi connectivity index (χ0) is 61.2. The van der Waals surface area contributed by atoms with E-state index >= 15 is 0 Å². The molecular formula is C88H64N4. The summed E-state index contributed by atoms with van der Waals surface area (Å²) in [6, 6.07) is 123. The van der Waals surface area contributed by atoms with Gasteiger partial charge in [0.2, 0.25) is 0 Å². The van der Waals surface area contributed by atoms with Crippen molar-refractivity contribution in [3.63, 3.8) is 0 Å². The summed E-state index contributed by atoms with van der Waals surface area (Å²) in [6.45, 7) is 0. The van der Waals surface area contributed by atoms with Crippen LogP contribution in [0.3, 0.4) is 0 Å². The fourth-order valence-corrected chi connectivity index (χ4v) is 14.2. The van der Waals surface area contributed by atoms with E-state index in [4.69, 9.17) is 0 Å². The van der Waals surface area contributed by atoms with Crippen molar-refractivity contribution >= 4 is 45.5 Å². The van der Waals surface area contributed by atoms with Gasteiger partial charge >= 0.3 is 0 Å². The van der Waals surface area contributed by atoms with Crippen molar-refractivity contribution in [1.29, 1.82) is 0 Å². The van der Waals surface area contributed by atoms with Crippen LogP contribution in [0.1, 0.15) is 0 Å². The molecule has 16 rings (SSSR count). The Morgan fingerprint density at radius 2 is 0.587 bits per heavy atom. The lowest BCUT2D eigenvalue weighted by atomic mass is 9.65. The van der Waals surface area contributed by atoms with Gasteiger partial charge < -0.3 is 19.6 Å². The second kappa shape index (κ2) is 24.5. The predicted octanol–water partition coefficient (Wildman–Crippen LogP) is 22.8. The summed E-state index contributed by atoms with van der Waals surface area (Å²) in [5, 5.41) is 0. The molecule has 0 N–H and O–H groups in total. The molecule has 4 heteroatoms. The second-order valence-corrected chi connectivity index (χ2v) is 23.5. The maximum absolute atomic E-state index is 2.60. The Bertz CT molecular complexity index is 4900. The monoisotopic (exact) mass is 1180 g/mol. The Labute approximate surface area is 539 Å². The summed E-state index contributed by atoms with van der Waals surface area (Å²) in [5.41, 5.74) is 27.0. The summed E-state index contributed by atoms with van der Waals surface area (Å²) < 4.78 is 0. The van der Waals surface area contributed by atoms with Crippen molar-refractivity contribution in [2.24, 2.45) is 5.92 Å². The van der Waals surface area contributed by atoms with E-state index in [0.29, 0.717) is 0 Å². The lowest BCUT2D eigenvalue weighted by Crippen LogP contribution is -2.41. The summed E-state index contributed by atoms with van der Waals surface area (Å²) in [4.78, 5) is 10.2. The van der Waals surface area contributed by atoms with E-state index in [2.05, 4.69) is 396 Å². The first-order valence-corrected chi connectivity index (χ1v) is 31.7. The van der Waals surface area contributed by atoms with Crippen molar-refractivity contribution in [2.75, 3.05) is 19.6 Å². The topological polar surface area (TPSA) is 13.0 Å². The zero-order valence-corrected chi connectivity index (χ0v) is 50.7. The van der Waals surface area contributed by atoms with Crippen LogP contribution in [0, 0.1) is 5.92 Å². The van der Waals surface area contributed by atoms with Crippen LogP contribution in [0.15, 0.2) is 421 Å². The van der Waals surface area contributed by atoms with E-state index in [9.17, 15) is 0 Å². The number of nitrogens with zero attached hydrogens (tertiary/aromatic N) is 4. The number of hydrogen-bond donors (Lipinski definition) is 0. The molecule has 4 aliphatic rings. The Morgan fingerprint density at radius 3 is 1.02 bits per heavy atom. The molecule has 0 saturated carbocycles. The molecule has 0 amide bonds. The first-order valence-electron chi connectivity index (χ1n) is 31.7. The molecule has 0 aromatic heterocycles. The van der Waals surface area contributed by atoms with Crippen LogP contribution in [0.4, 0.5) is 45.5 Å². The highest BCUT2D eigenvalue weighted by atomic mass is 15.2. The Morgan fingerprint density at radius 1 is 0.261 bits per heavy atom. The highest BCUT2D eigenvalue weighted by Gasteiger charge is 2.46. The highest BCUT2D eigenvalue weighted by molar-refractivity contribution is 5.94. The van der Waals surface area contributed by atoms with E-state index in [-0.39, 0.29) is 12.0 Å². The van der Waals surface area contributed by atoms with Gasteiger partial charge in [0.05, 0.1) is 40.2 Å². The van der Waals surface area contributed by atoms with Gasteiger partial charge in [-0.25, -0.2) is 0 Å². The van der Waals surface area contributed by atoms with Gasteiger partial charge in [0.1, 0.15) is 0 Å². The molecule has 0 radical (unpaired) electrons. The van der Waals surface area contributed by atoms with Crippen molar-refractivity contribution < 1.29 is 0 Å². The molecule has 2 unspecified atom stereocenters. The van der Waals surface area contributed by atoms with Crippen LogP contribution in [-0.4, -0.2) is 6.04 Å². The number of para-hydroxylation sites is 8. The number of anilines is 8. The Balaban J connectivity index is 1.03. The minimum Gasteiger partial charge on any atom is -0.330 e. The maximum Gasteiger partial charge on any atom is 0.0802 e. The fraction of sp³-hybridized carbons (Fsp3) is 0.0227. The molecule has 0 heterocycles. The fourth-order valence-electron chi connectivity index (χ4n) is 14.2. The van der Waals surface area contributed by atoms with Gasteiger partial charge in [-0.05, 0) is 129 Å². The SMILES string of the molecule is C1=CC2=C(N(c3ccccc3)c3ccccc3-c3ccccc3)C=C(N(c3ccccc3)c3ccccc3-c3ccccc3)C3=CC=C4C(=C1C(N(c1ccccc1)c1ccccc1-c1ccccc1)=CC4N(c1ccccc1)c1ccccc1-c1ccccc1)C32. The summed E-state index contributed by atoms with van der Waals surface area (Å²) in [6.07, 6.45) is 14.9. The van der Waals surface area contributed by atoms with Gasteiger partial charge in [-0.1, -0.05) is 291 Å². The molecule has 92 heavy (non-hydrogen) atoms. The number of rotatable bonds is 16. The van der Waals surface area contributed by atoms with Crippen LogP contribution in [-0.2, 0) is 0 Å². The average Bonchev–Trinajstić information content (AvgIpc) is 0.703. The second-order valence-electron chi connectivity index (χ2n) is 23.5. The first-order chi connectivity index (χ1) is 45.7.